The zero-order chi connectivity index (χ0) is 13.1. The van der Waals surface area contributed by atoms with Crippen molar-refractivity contribution in [3.05, 3.63) is 29.8 Å². The predicted molar refractivity (Wildman–Crippen MR) is 66.8 cm³/mol. The maximum atomic E-state index is 12.8. The van der Waals surface area contributed by atoms with Gasteiger partial charge in [-0.3, -0.25) is 4.67 Å². The van der Waals surface area contributed by atoms with Crippen LogP contribution in [-0.2, 0) is 6.18 Å². The van der Waals surface area contributed by atoms with Crippen LogP contribution in [0.15, 0.2) is 24.3 Å². The minimum Gasteiger partial charge on any atom is -0.267 e. The van der Waals surface area contributed by atoms with Gasteiger partial charge in [0.25, 0.3) is 0 Å². The van der Waals surface area contributed by atoms with Crippen LogP contribution in [0, 0.1) is 0 Å². The van der Waals surface area contributed by atoms with Gasteiger partial charge >= 0.3 is 6.18 Å². The van der Waals surface area contributed by atoms with E-state index >= 15 is 0 Å². The van der Waals surface area contributed by atoms with Gasteiger partial charge in [-0.2, -0.15) is 13.2 Å². The molecule has 0 bridgehead atoms. The molecule has 1 rings (SSSR count). The highest BCUT2D eigenvalue weighted by Gasteiger charge is 2.35. The maximum absolute atomic E-state index is 12.8. The summed E-state index contributed by atoms with van der Waals surface area (Å²) in [6, 6.07) is 5.51. The highest BCUT2D eigenvalue weighted by molar-refractivity contribution is 7.88. The number of alkyl halides is 3. The highest BCUT2D eigenvalue weighted by Crippen LogP contribution is 2.47. The standard InChI is InChI=1S/C11H14ClF3NP/c1-3-16(4-2)17(12)10-8-6-5-7-9(10)11(13,14)15/h5-8H,3-4H2,1-2H3/t17-/m0/s1. The third kappa shape index (κ3) is 3.57. The molecule has 96 valence electrons. The molecule has 0 saturated carbocycles. The van der Waals surface area contributed by atoms with E-state index in [-0.39, 0.29) is 5.30 Å². The second-order valence-corrected chi connectivity index (χ2v) is 5.94. The van der Waals surface area contributed by atoms with E-state index in [0.717, 1.165) is 6.07 Å². The summed E-state index contributed by atoms with van der Waals surface area (Å²) in [4.78, 5) is 0. The van der Waals surface area contributed by atoms with Crippen molar-refractivity contribution in [1.29, 1.82) is 0 Å². The van der Waals surface area contributed by atoms with Crippen molar-refractivity contribution < 1.29 is 13.2 Å². The number of rotatable bonds is 4. The minimum absolute atomic E-state index is 0.181. The van der Waals surface area contributed by atoms with Crippen LogP contribution in [0.5, 0.6) is 0 Å². The molecule has 0 saturated heterocycles. The summed E-state index contributed by atoms with van der Waals surface area (Å²) in [6.45, 7) is 5.05. The van der Waals surface area contributed by atoms with Crippen LogP contribution in [0.3, 0.4) is 0 Å². The van der Waals surface area contributed by atoms with E-state index < -0.39 is 19.2 Å². The quantitative estimate of drug-likeness (QED) is 0.748. The molecule has 0 heterocycles. The lowest BCUT2D eigenvalue weighted by Gasteiger charge is -2.26. The second kappa shape index (κ2) is 6.03. The largest absolute Gasteiger partial charge is 0.417 e. The van der Waals surface area contributed by atoms with E-state index in [1.165, 1.54) is 12.1 Å². The Labute approximate surface area is 105 Å². The molecule has 0 fully saturated rings. The summed E-state index contributed by atoms with van der Waals surface area (Å²) in [5, 5.41) is 0.181. The van der Waals surface area contributed by atoms with Gasteiger partial charge in [0.1, 0.15) is 0 Å². The molecule has 1 nitrogen and oxygen atoms in total. The van der Waals surface area contributed by atoms with Crippen LogP contribution >= 0.6 is 18.7 Å². The van der Waals surface area contributed by atoms with Crippen LogP contribution in [0.1, 0.15) is 19.4 Å². The van der Waals surface area contributed by atoms with Crippen LogP contribution < -0.4 is 5.30 Å². The molecule has 1 aromatic carbocycles. The van der Waals surface area contributed by atoms with Crippen LogP contribution in [-0.4, -0.2) is 17.8 Å². The topological polar surface area (TPSA) is 3.24 Å². The van der Waals surface area contributed by atoms with Crippen molar-refractivity contribution in [2.45, 2.75) is 20.0 Å². The van der Waals surface area contributed by atoms with E-state index in [2.05, 4.69) is 0 Å². The lowest BCUT2D eigenvalue weighted by Crippen LogP contribution is -2.25. The summed E-state index contributed by atoms with van der Waals surface area (Å²) < 4.78 is 40.3. The van der Waals surface area contributed by atoms with Crippen molar-refractivity contribution in [3.8, 4) is 0 Å². The van der Waals surface area contributed by atoms with E-state index in [0.29, 0.717) is 13.1 Å². The third-order valence-corrected chi connectivity index (χ3v) is 5.42. The van der Waals surface area contributed by atoms with Gasteiger partial charge in [-0.1, -0.05) is 43.3 Å². The van der Waals surface area contributed by atoms with Gasteiger partial charge in [0.15, 0.2) is 0 Å². The maximum Gasteiger partial charge on any atom is 0.417 e. The summed E-state index contributed by atoms with van der Waals surface area (Å²) in [5.41, 5.74) is -0.631. The first kappa shape index (κ1) is 14.7. The summed E-state index contributed by atoms with van der Waals surface area (Å²) in [7, 11) is -1.44. The van der Waals surface area contributed by atoms with Crippen LogP contribution in [0.4, 0.5) is 13.2 Å². The van der Waals surface area contributed by atoms with Crippen molar-refractivity contribution in [1.82, 2.24) is 4.67 Å². The minimum atomic E-state index is -4.35. The molecule has 0 radical (unpaired) electrons. The number of hydrogen-bond acceptors (Lipinski definition) is 1. The molecule has 0 spiro atoms. The summed E-state index contributed by atoms with van der Waals surface area (Å²) >= 11 is 6.17. The number of halogens is 4. The van der Waals surface area contributed by atoms with Gasteiger partial charge in [-0.15, -0.1) is 0 Å². The lowest BCUT2D eigenvalue weighted by atomic mass is 10.2. The van der Waals surface area contributed by atoms with Crippen molar-refractivity contribution in [2.24, 2.45) is 0 Å². The van der Waals surface area contributed by atoms with Gasteiger partial charge < -0.3 is 0 Å². The van der Waals surface area contributed by atoms with E-state index in [1.807, 2.05) is 18.5 Å². The van der Waals surface area contributed by atoms with Gasteiger partial charge in [0.05, 0.1) is 13.0 Å². The summed E-state index contributed by atoms with van der Waals surface area (Å²) in [6.07, 6.45) is -4.35. The smallest absolute Gasteiger partial charge is 0.267 e. The molecule has 0 aliphatic rings. The average molecular weight is 284 g/mol. The fourth-order valence-corrected chi connectivity index (χ4v) is 3.99. The van der Waals surface area contributed by atoms with Crippen molar-refractivity contribution in [3.63, 3.8) is 0 Å². The van der Waals surface area contributed by atoms with Crippen molar-refractivity contribution in [2.75, 3.05) is 13.1 Å². The van der Waals surface area contributed by atoms with Crippen LogP contribution in [0.2, 0.25) is 0 Å². The lowest BCUT2D eigenvalue weighted by molar-refractivity contribution is -0.136. The molecular weight excluding hydrogens is 270 g/mol. The molecule has 0 N–H and O–H groups in total. The molecule has 0 aliphatic heterocycles. The Balaban J connectivity index is 3.13. The molecular formula is C11H14ClF3NP. The van der Waals surface area contributed by atoms with Crippen LogP contribution in [0.25, 0.3) is 0 Å². The normalized spacial score (nSPS) is 14.1. The van der Waals surface area contributed by atoms with E-state index in [1.54, 1.807) is 6.07 Å². The molecule has 0 aromatic heterocycles. The Hall–Kier alpha value is -0.310. The van der Waals surface area contributed by atoms with Gasteiger partial charge in [0.2, 0.25) is 0 Å². The summed E-state index contributed by atoms with van der Waals surface area (Å²) in [5.74, 6) is 0. The highest BCUT2D eigenvalue weighted by atomic mass is 35.7. The average Bonchev–Trinajstić information content (AvgIpc) is 2.29. The zero-order valence-electron chi connectivity index (χ0n) is 9.63. The second-order valence-electron chi connectivity index (χ2n) is 3.41. The first-order chi connectivity index (χ1) is 7.91. The molecule has 0 unspecified atom stereocenters. The molecule has 0 amide bonds. The molecule has 6 heteroatoms. The Bertz CT molecular complexity index is 366. The SMILES string of the molecule is CCN(CC)[P@](Cl)c1ccccc1C(F)(F)F. The Morgan fingerprint density at radius 3 is 2.18 bits per heavy atom. The Kier molecular flexibility index (Phi) is 5.23. The van der Waals surface area contributed by atoms with Gasteiger partial charge in [0, 0.05) is 18.4 Å². The number of nitrogens with zero attached hydrogens (tertiary/aromatic N) is 1. The van der Waals surface area contributed by atoms with Gasteiger partial charge in [-0.25, -0.2) is 0 Å². The first-order valence-corrected chi connectivity index (χ1v) is 7.48. The van der Waals surface area contributed by atoms with Gasteiger partial charge in [-0.05, 0) is 6.07 Å². The fourth-order valence-electron chi connectivity index (χ4n) is 1.50. The fraction of sp³-hybridized carbons (Fsp3) is 0.455. The number of hydrogen-bond donors (Lipinski definition) is 0. The Morgan fingerprint density at radius 1 is 1.18 bits per heavy atom. The third-order valence-electron chi connectivity index (χ3n) is 2.39. The molecule has 0 aliphatic carbocycles. The first-order valence-electron chi connectivity index (χ1n) is 5.28. The molecule has 1 atom stereocenters. The monoisotopic (exact) mass is 283 g/mol. The molecule has 17 heavy (non-hydrogen) atoms. The molecule has 1 aromatic rings. The van der Waals surface area contributed by atoms with Crippen molar-refractivity contribution >= 4 is 24.0 Å². The predicted octanol–water partition coefficient (Wildman–Crippen LogP) is 4.22. The van der Waals surface area contributed by atoms with E-state index in [4.69, 9.17) is 11.2 Å². The van der Waals surface area contributed by atoms with E-state index in [9.17, 15) is 13.2 Å². The number of benzene rings is 1. The zero-order valence-corrected chi connectivity index (χ0v) is 11.3. The Morgan fingerprint density at radius 2 is 1.71 bits per heavy atom.